The summed E-state index contributed by atoms with van der Waals surface area (Å²) in [6.45, 7) is 3.60. The lowest BCUT2D eigenvalue weighted by Crippen LogP contribution is -2.35. The molecule has 1 amide bonds. The first-order valence-electron chi connectivity index (χ1n) is 5.91. The molecule has 0 saturated carbocycles. The number of amides is 1. The fourth-order valence-corrected chi connectivity index (χ4v) is 2.36. The standard InChI is InChI=1S/C13H17BrN2O2/c1-13(5-6-15-8-13)12(17)16-11-7-9(18-2)3-4-10(11)14/h3-4,7,15H,5-6,8H2,1-2H3,(H,16,17). The Balaban J connectivity index is 2.16. The fourth-order valence-electron chi connectivity index (χ4n) is 2.01. The molecular weight excluding hydrogens is 296 g/mol. The number of hydrogen-bond acceptors (Lipinski definition) is 3. The molecule has 98 valence electrons. The van der Waals surface area contributed by atoms with Crippen LogP contribution in [0.5, 0.6) is 5.75 Å². The number of ether oxygens (including phenoxy) is 1. The van der Waals surface area contributed by atoms with Crippen LogP contribution in [0.15, 0.2) is 22.7 Å². The zero-order chi connectivity index (χ0) is 13.2. The first-order chi connectivity index (χ1) is 8.55. The van der Waals surface area contributed by atoms with Crippen molar-refractivity contribution in [3.05, 3.63) is 22.7 Å². The highest BCUT2D eigenvalue weighted by Gasteiger charge is 2.36. The van der Waals surface area contributed by atoms with Gasteiger partial charge in [0.2, 0.25) is 5.91 Å². The zero-order valence-corrected chi connectivity index (χ0v) is 12.1. The number of nitrogens with one attached hydrogen (secondary N) is 2. The maximum Gasteiger partial charge on any atom is 0.231 e. The molecule has 0 bridgehead atoms. The zero-order valence-electron chi connectivity index (χ0n) is 10.5. The number of carbonyl (C=O) groups excluding carboxylic acids is 1. The minimum absolute atomic E-state index is 0.0430. The van der Waals surface area contributed by atoms with Crippen molar-refractivity contribution in [3.8, 4) is 5.75 Å². The summed E-state index contributed by atoms with van der Waals surface area (Å²) in [6, 6.07) is 5.52. The lowest BCUT2D eigenvalue weighted by atomic mass is 9.89. The summed E-state index contributed by atoms with van der Waals surface area (Å²) in [7, 11) is 1.61. The Morgan fingerprint density at radius 3 is 2.94 bits per heavy atom. The monoisotopic (exact) mass is 312 g/mol. The van der Waals surface area contributed by atoms with Gasteiger partial charge < -0.3 is 15.4 Å². The van der Waals surface area contributed by atoms with Crippen molar-refractivity contribution in [2.45, 2.75) is 13.3 Å². The first kappa shape index (κ1) is 13.4. The Bertz CT molecular complexity index is 456. The van der Waals surface area contributed by atoms with Crippen LogP contribution in [0.2, 0.25) is 0 Å². The molecule has 1 unspecified atom stereocenters. The highest BCUT2D eigenvalue weighted by molar-refractivity contribution is 9.10. The fraction of sp³-hybridized carbons (Fsp3) is 0.462. The maximum absolute atomic E-state index is 12.3. The van der Waals surface area contributed by atoms with Crippen molar-refractivity contribution in [3.63, 3.8) is 0 Å². The molecule has 1 fully saturated rings. The Labute approximate surface area is 115 Å². The summed E-state index contributed by atoms with van der Waals surface area (Å²) in [4.78, 5) is 12.3. The van der Waals surface area contributed by atoms with Crippen molar-refractivity contribution >= 4 is 27.5 Å². The van der Waals surface area contributed by atoms with Gasteiger partial charge in [-0.3, -0.25) is 4.79 Å². The SMILES string of the molecule is COc1ccc(Br)c(NC(=O)C2(C)CCNC2)c1. The number of methoxy groups -OCH3 is 1. The summed E-state index contributed by atoms with van der Waals surface area (Å²) >= 11 is 3.43. The van der Waals surface area contributed by atoms with Crippen LogP contribution in [0.4, 0.5) is 5.69 Å². The van der Waals surface area contributed by atoms with Crippen LogP contribution in [0.1, 0.15) is 13.3 Å². The first-order valence-corrected chi connectivity index (χ1v) is 6.70. The van der Waals surface area contributed by atoms with E-state index in [2.05, 4.69) is 26.6 Å². The smallest absolute Gasteiger partial charge is 0.231 e. The third-order valence-electron chi connectivity index (χ3n) is 3.34. The van der Waals surface area contributed by atoms with Gasteiger partial charge in [-0.25, -0.2) is 0 Å². The average molecular weight is 313 g/mol. The van der Waals surface area contributed by atoms with Crippen LogP contribution in [0, 0.1) is 5.41 Å². The van der Waals surface area contributed by atoms with Gasteiger partial charge in [0, 0.05) is 17.1 Å². The molecule has 0 aromatic heterocycles. The third-order valence-corrected chi connectivity index (χ3v) is 4.03. The number of anilines is 1. The largest absolute Gasteiger partial charge is 0.497 e. The van der Waals surface area contributed by atoms with Gasteiger partial charge in [0.25, 0.3) is 0 Å². The molecular formula is C13H17BrN2O2. The number of hydrogen-bond donors (Lipinski definition) is 2. The Hall–Kier alpha value is -1.07. The highest BCUT2D eigenvalue weighted by Crippen LogP contribution is 2.31. The van der Waals surface area contributed by atoms with Gasteiger partial charge in [-0.05, 0) is 48.0 Å². The molecule has 0 aliphatic carbocycles. The van der Waals surface area contributed by atoms with E-state index in [-0.39, 0.29) is 11.3 Å². The van der Waals surface area contributed by atoms with Gasteiger partial charge in [-0.1, -0.05) is 0 Å². The van der Waals surface area contributed by atoms with E-state index in [1.165, 1.54) is 0 Å². The van der Waals surface area contributed by atoms with Crippen molar-refractivity contribution in [1.29, 1.82) is 0 Å². The maximum atomic E-state index is 12.3. The lowest BCUT2D eigenvalue weighted by molar-refractivity contribution is -0.123. The average Bonchev–Trinajstić information content (AvgIpc) is 2.80. The molecule has 1 aromatic rings. The molecule has 1 heterocycles. The molecule has 1 saturated heterocycles. The molecule has 1 aromatic carbocycles. The summed E-state index contributed by atoms with van der Waals surface area (Å²) in [6.07, 6.45) is 0.862. The second-order valence-corrected chi connectivity index (χ2v) is 5.64. The van der Waals surface area contributed by atoms with Gasteiger partial charge >= 0.3 is 0 Å². The van der Waals surface area contributed by atoms with Gasteiger partial charge in [-0.15, -0.1) is 0 Å². The van der Waals surface area contributed by atoms with Gasteiger partial charge in [-0.2, -0.15) is 0 Å². The number of rotatable bonds is 3. The van der Waals surface area contributed by atoms with Crippen LogP contribution in [0.25, 0.3) is 0 Å². The van der Waals surface area contributed by atoms with Crippen LogP contribution >= 0.6 is 15.9 Å². The predicted molar refractivity (Wildman–Crippen MR) is 74.9 cm³/mol. The van der Waals surface area contributed by atoms with Crippen molar-refractivity contribution < 1.29 is 9.53 Å². The molecule has 0 spiro atoms. The topological polar surface area (TPSA) is 50.4 Å². The van der Waals surface area contributed by atoms with Gasteiger partial charge in [0.05, 0.1) is 18.2 Å². The Morgan fingerprint density at radius 2 is 2.33 bits per heavy atom. The second kappa shape index (κ2) is 5.28. The van der Waals surface area contributed by atoms with Gasteiger partial charge in [0.15, 0.2) is 0 Å². The normalized spacial score (nSPS) is 22.8. The highest BCUT2D eigenvalue weighted by atomic mass is 79.9. The van der Waals surface area contributed by atoms with Gasteiger partial charge in [0.1, 0.15) is 5.75 Å². The summed E-state index contributed by atoms with van der Waals surface area (Å²) < 4.78 is 6.01. The molecule has 0 radical (unpaired) electrons. The molecule has 2 N–H and O–H groups in total. The van der Waals surface area contributed by atoms with E-state index in [9.17, 15) is 4.79 Å². The number of halogens is 1. The summed E-state index contributed by atoms with van der Waals surface area (Å²) in [5, 5.41) is 6.18. The van der Waals surface area contributed by atoms with E-state index < -0.39 is 0 Å². The predicted octanol–water partition coefficient (Wildman–Crippen LogP) is 2.40. The van der Waals surface area contributed by atoms with Crippen molar-refractivity contribution in [2.24, 2.45) is 5.41 Å². The van der Waals surface area contributed by atoms with Crippen molar-refractivity contribution in [2.75, 3.05) is 25.5 Å². The number of carbonyl (C=O) groups is 1. The van der Waals surface area contributed by atoms with Crippen LogP contribution in [-0.2, 0) is 4.79 Å². The number of benzene rings is 1. The van der Waals surface area contributed by atoms with Crippen LogP contribution < -0.4 is 15.4 Å². The van der Waals surface area contributed by atoms with E-state index in [0.717, 1.165) is 35.4 Å². The van der Waals surface area contributed by atoms with E-state index in [1.54, 1.807) is 7.11 Å². The molecule has 1 atom stereocenters. The molecule has 2 rings (SSSR count). The minimum Gasteiger partial charge on any atom is -0.497 e. The Morgan fingerprint density at radius 1 is 1.56 bits per heavy atom. The van der Waals surface area contributed by atoms with E-state index >= 15 is 0 Å². The van der Waals surface area contributed by atoms with E-state index in [0.29, 0.717) is 0 Å². The second-order valence-electron chi connectivity index (χ2n) is 4.79. The minimum atomic E-state index is -0.331. The van der Waals surface area contributed by atoms with E-state index in [4.69, 9.17) is 4.74 Å². The quantitative estimate of drug-likeness (QED) is 0.901. The lowest BCUT2D eigenvalue weighted by Gasteiger charge is -2.22. The molecule has 18 heavy (non-hydrogen) atoms. The van der Waals surface area contributed by atoms with Crippen LogP contribution in [0.3, 0.4) is 0 Å². The molecule has 1 aliphatic heterocycles. The van der Waals surface area contributed by atoms with Crippen LogP contribution in [-0.4, -0.2) is 26.1 Å². The summed E-state index contributed by atoms with van der Waals surface area (Å²) in [5.74, 6) is 0.768. The Kier molecular flexibility index (Phi) is 3.92. The molecule has 4 nitrogen and oxygen atoms in total. The summed E-state index contributed by atoms with van der Waals surface area (Å²) in [5.41, 5.74) is 0.412. The third kappa shape index (κ3) is 2.67. The molecule has 1 aliphatic rings. The van der Waals surface area contributed by atoms with E-state index in [1.807, 2.05) is 25.1 Å². The molecule has 5 heteroatoms. The van der Waals surface area contributed by atoms with Crippen molar-refractivity contribution in [1.82, 2.24) is 5.32 Å².